The molecule has 0 spiro atoms. The van der Waals surface area contributed by atoms with E-state index in [1.165, 1.54) is 5.56 Å². The topological polar surface area (TPSA) is 59.3 Å². The van der Waals surface area contributed by atoms with Crippen molar-refractivity contribution in [3.05, 3.63) is 78.6 Å². The number of carbonyl (C=O) groups is 1. The second kappa shape index (κ2) is 7.03. The van der Waals surface area contributed by atoms with Crippen LogP contribution < -0.4 is 5.32 Å². The summed E-state index contributed by atoms with van der Waals surface area (Å²) in [5, 5.41) is 7.29. The lowest BCUT2D eigenvalue weighted by Gasteiger charge is -2.08. The van der Waals surface area contributed by atoms with Gasteiger partial charge in [-0.05, 0) is 31.0 Å². The van der Waals surface area contributed by atoms with Crippen molar-refractivity contribution in [2.24, 2.45) is 0 Å². The minimum Gasteiger partial charge on any atom is -0.350 e. The number of aromatic nitrogens is 3. The van der Waals surface area contributed by atoms with Crippen molar-refractivity contribution in [3.63, 3.8) is 0 Å². The van der Waals surface area contributed by atoms with Crippen molar-refractivity contribution in [2.75, 3.05) is 0 Å². The Bertz CT molecular complexity index is 1080. The smallest absolute Gasteiger partial charge is 0.256 e. The molecule has 5 heteroatoms. The number of hydrogen-bond acceptors (Lipinski definition) is 3. The van der Waals surface area contributed by atoms with E-state index in [0.717, 1.165) is 16.8 Å². The average Bonchev–Trinajstić information content (AvgIpc) is 3.13. The van der Waals surface area contributed by atoms with E-state index in [9.17, 15) is 4.79 Å². The fourth-order valence-electron chi connectivity index (χ4n) is 3.07. The molecule has 0 aliphatic heterocycles. The number of hydrogen-bond donors (Lipinski definition) is 1. The molecule has 2 heterocycles. The Kier molecular flexibility index (Phi) is 4.42. The quantitative estimate of drug-likeness (QED) is 0.596. The average molecular weight is 356 g/mol. The second-order valence-corrected chi connectivity index (χ2v) is 6.70. The lowest BCUT2D eigenvalue weighted by molar-refractivity contribution is 0.0944. The predicted molar refractivity (Wildman–Crippen MR) is 106 cm³/mol. The van der Waals surface area contributed by atoms with E-state index in [4.69, 9.17) is 0 Å². The molecule has 1 N–H and O–H groups in total. The summed E-state index contributed by atoms with van der Waals surface area (Å²) in [6.07, 6.45) is 3.28. The van der Waals surface area contributed by atoms with E-state index in [0.29, 0.717) is 11.2 Å². The zero-order valence-electron chi connectivity index (χ0n) is 15.3. The molecule has 0 saturated carbocycles. The first-order valence-corrected chi connectivity index (χ1v) is 8.93. The molecule has 4 aromatic rings. The molecule has 1 amide bonds. The van der Waals surface area contributed by atoms with Gasteiger partial charge in [0, 0.05) is 17.8 Å². The molecule has 0 unspecified atom stereocenters. The van der Waals surface area contributed by atoms with Gasteiger partial charge in [-0.25, -0.2) is 9.50 Å². The highest BCUT2D eigenvalue weighted by atomic mass is 16.1. The van der Waals surface area contributed by atoms with E-state index in [1.807, 2.05) is 38.1 Å². The third kappa shape index (κ3) is 3.31. The van der Waals surface area contributed by atoms with Gasteiger partial charge in [-0.2, -0.15) is 5.10 Å². The van der Waals surface area contributed by atoms with Crippen molar-refractivity contribution in [2.45, 2.75) is 19.9 Å². The minimum atomic E-state index is -0.163. The zero-order valence-corrected chi connectivity index (χ0v) is 15.3. The first-order chi connectivity index (χ1) is 13.1. The predicted octanol–water partition coefficient (Wildman–Crippen LogP) is 4.20. The van der Waals surface area contributed by atoms with Crippen LogP contribution in [0, 0.1) is 0 Å². The van der Waals surface area contributed by atoms with Crippen LogP contribution in [0.5, 0.6) is 0 Å². The number of amides is 1. The van der Waals surface area contributed by atoms with E-state index >= 15 is 0 Å². The molecule has 2 aromatic heterocycles. The molecular weight excluding hydrogens is 336 g/mol. The molecule has 0 bridgehead atoms. The van der Waals surface area contributed by atoms with Gasteiger partial charge in [-0.1, -0.05) is 54.6 Å². The lowest BCUT2D eigenvalue weighted by Crippen LogP contribution is -2.30. The van der Waals surface area contributed by atoms with E-state index in [2.05, 4.69) is 51.8 Å². The highest BCUT2D eigenvalue weighted by Crippen LogP contribution is 2.25. The van der Waals surface area contributed by atoms with Gasteiger partial charge in [0.05, 0.1) is 11.9 Å². The first-order valence-electron chi connectivity index (χ1n) is 8.93. The van der Waals surface area contributed by atoms with Crippen molar-refractivity contribution in [1.29, 1.82) is 0 Å². The van der Waals surface area contributed by atoms with Crippen LogP contribution in [0.3, 0.4) is 0 Å². The summed E-state index contributed by atoms with van der Waals surface area (Å²) in [7, 11) is 0. The van der Waals surface area contributed by atoms with Gasteiger partial charge in [0.25, 0.3) is 5.91 Å². The van der Waals surface area contributed by atoms with Crippen molar-refractivity contribution in [1.82, 2.24) is 19.9 Å². The van der Waals surface area contributed by atoms with Gasteiger partial charge in [0.1, 0.15) is 5.56 Å². The first kappa shape index (κ1) is 17.0. The fourth-order valence-corrected chi connectivity index (χ4v) is 3.07. The van der Waals surface area contributed by atoms with Crippen molar-refractivity contribution >= 4 is 11.6 Å². The summed E-state index contributed by atoms with van der Waals surface area (Å²) < 4.78 is 1.72. The zero-order chi connectivity index (χ0) is 18.8. The summed E-state index contributed by atoms with van der Waals surface area (Å²) in [6.45, 7) is 3.85. The number of benzene rings is 2. The Balaban J connectivity index is 1.72. The highest BCUT2D eigenvalue weighted by molar-refractivity contribution is 6.00. The molecule has 27 heavy (non-hydrogen) atoms. The molecular formula is C22H20N4O. The molecule has 2 aromatic carbocycles. The monoisotopic (exact) mass is 356 g/mol. The molecule has 0 atom stereocenters. The maximum Gasteiger partial charge on any atom is 0.256 e. The molecule has 0 aliphatic rings. The lowest BCUT2D eigenvalue weighted by atomic mass is 10.0. The Morgan fingerprint density at radius 2 is 1.59 bits per heavy atom. The van der Waals surface area contributed by atoms with Crippen molar-refractivity contribution < 1.29 is 4.79 Å². The SMILES string of the molecule is CC(C)NC(=O)c1cnn2c(-c3ccc(-c4ccccc4)cc3)ccnc12. The summed E-state index contributed by atoms with van der Waals surface area (Å²) in [5.74, 6) is -0.163. The molecule has 0 saturated heterocycles. The largest absolute Gasteiger partial charge is 0.350 e. The number of carbonyl (C=O) groups excluding carboxylic acids is 1. The summed E-state index contributed by atoms with van der Waals surface area (Å²) in [4.78, 5) is 16.7. The highest BCUT2D eigenvalue weighted by Gasteiger charge is 2.16. The number of rotatable bonds is 4. The Labute approximate surface area is 157 Å². The van der Waals surface area contributed by atoms with Crippen LogP contribution in [0.15, 0.2) is 73.1 Å². The van der Waals surface area contributed by atoms with Crippen LogP contribution >= 0.6 is 0 Å². The van der Waals surface area contributed by atoms with Crippen LogP contribution in [0.1, 0.15) is 24.2 Å². The minimum absolute atomic E-state index is 0.0566. The maximum absolute atomic E-state index is 12.4. The van der Waals surface area contributed by atoms with Crippen LogP contribution in [0.4, 0.5) is 0 Å². The molecule has 0 fully saturated rings. The Morgan fingerprint density at radius 1 is 0.926 bits per heavy atom. The third-order valence-electron chi connectivity index (χ3n) is 4.35. The Hall–Kier alpha value is -3.47. The Morgan fingerprint density at radius 3 is 2.30 bits per heavy atom. The molecule has 4 rings (SSSR count). The van der Waals surface area contributed by atoms with Crippen LogP contribution in [0.25, 0.3) is 28.0 Å². The van der Waals surface area contributed by atoms with E-state index in [-0.39, 0.29) is 11.9 Å². The summed E-state index contributed by atoms with van der Waals surface area (Å²) >= 11 is 0. The van der Waals surface area contributed by atoms with Gasteiger partial charge < -0.3 is 5.32 Å². The molecule has 134 valence electrons. The van der Waals surface area contributed by atoms with Gasteiger partial charge in [0.15, 0.2) is 5.65 Å². The summed E-state index contributed by atoms with van der Waals surface area (Å²) in [5.41, 5.74) is 5.27. The standard InChI is InChI=1S/C22H20N4O/c1-15(2)25-22(27)19-14-24-26-20(12-13-23-21(19)26)18-10-8-17(9-11-18)16-6-4-3-5-7-16/h3-15H,1-2H3,(H,25,27). The van der Waals surface area contributed by atoms with E-state index < -0.39 is 0 Å². The van der Waals surface area contributed by atoms with E-state index in [1.54, 1.807) is 16.9 Å². The van der Waals surface area contributed by atoms with Gasteiger partial charge in [-0.15, -0.1) is 0 Å². The maximum atomic E-state index is 12.4. The molecule has 0 radical (unpaired) electrons. The van der Waals surface area contributed by atoms with Crippen LogP contribution in [-0.4, -0.2) is 26.5 Å². The van der Waals surface area contributed by atoms with Gasteiger partial charge in [0.2, 0.25) is 0 Å². The summed E-state index contributed by atoms with van der Waals surface area (Å²) in [6, 6.07) is 20.5. The van der Waals surface area contributed by atoms with Crippen LogP contribution in [0.2, 0.25) is 0 Å². The van der Waals surface area contributed by atoms with Gasteiger partial charge in [-0.3, -0.25) is 4.79 Å². The molecule has 5 nitrogen and oxygen atoms in total. The van der Waals surface area contributed by atoms with Crippen LogP contribution in [-0.2, 0) is 0 Å². The number of fused-ring (bicyclic) bond motifs is 1. The number of nitrogens with one attached hydrogen (secondary N) is 1. The fraction of sp³-hybridized carbons (Fsp3) is 0.136. The second-order valence-electron chi connectivity index (χ2n) is 6.70. The third-order valence-corrected chi connectivity index (χ3v) is 4.35. The normalized spacial score (nSPS) is 11.1. The van der Waals surface area contributed by atoms with Gasteiger partial charge >= 0.3 is 0 Å². The van der Waals surface area contributed by atoms with Crippen molar-refractivity contribution in [3.8, 4) is 22.4 Å². The number of nitrogens with zero attached hydrogens (tertiary/aromatic N) is 3. The molecule has 0 aliphatic carbocycles.